The summed E-state index contributed by atoms with van der Waals surface area (Å²) >= 11 is 0. The van der Waals surface area contributed by atoms with Crippen molar-refractivity contribution < 1.29 is 9.47 Å². The normalized spacial score (nSPS) is 17.2. The molecule has 22 heavy (non-hydrogen) atoms. The second-order valence-electron chi connectivity index (χ2n) is 6.26. The van der Waals surface area contributed by atoms with Crippen LogP contribution in [-0.2, 0) is 9.47 Å². The van der Waals surface area contributed by atoms with Gasteiger partial charge in [-0.3, -0.25) is 4.90 Å². The summed E-state index contributed by atoms with van der Waals surface area (Å²) in [6, 6.07) is 0. The van der Waals surface area contributed by atoms with Crippen molar-refractivity contribution in [2.45, 2.75) is 52.4 Å². The van der Waals surface area contributed by atoms with Crippen LogP contribution in [0.5, 0.6) is 0 Å². The van der Waals surface area contributed by atoms with Crippen LogP contribution in [0.25, 0.3) is 0 Å². The third kappa shape index (κ3) is 10.5. The Bertz CT molecular complexity index is 231. The molecule has 0 amide bonds. The predicted octanol–water partition coefficient (Wildman–Crippen LogP) is 3.02. The molecule has 4 heteroatoms. The molecule has 0 aromatic heterocycles. The Labute approximate surface area is 138 Å². The van der Waals surface area contributed by atoms with Crippen molar-refractivity contribution in [2.75, 3.05) is 65.7 Å². The van der Waals surface area contributed by atoms with Gasteiger partial charge in [-0.25, -0.2) is 0 Å². The van der Waals surface area contributed by atoms with Crippen LogP contribution in [0.15, 0.2) is 0 Å². The largest absolute Gasteiger partial charge is 0.382 e. The molecule has 132 valence electrons. The molecule has 1 heterocycles. The van der Waals surface area contributed by atoms with E-state index in [4.69, 9.17) is 9.47 Å². The van der Waals surface area contributed by atoms with Crippen LogP contribution in [-0.4, -0.2) is 75.5 Å². The van der Waals surface area contributed by atoms with Crippen LogP contribution >= 0.6 is 0 Å². The molecule has 0 unspecified atom stereocenters. The molecule has 0 atom stereocenters. The Balaban J connectivity index is 1.84. The molecule has 1 fully saturated rings. The Morgan fingerprint density at radius 1 is 0.636 bits per heavy atom. The van der Waals surface area contributed by atoms with Gasteiger partial charge in [0.1, 0.15) is 0 Å². The summed E-state index contributed by atoms with van der Waals surface area (Å²) < 4.78 is 11.1. The van der Waals surface area contributed by atoms with E-state index >= 15 is 0 Å². The van der Waals surface area contributed by atoms with Gasteiger partial charge >= 0.3 is 0 Å². The number of rotatable bonds is 14. The van der Waals surface area contributed by atoms with Crippen molar-refractivity contribution in [3.63, 3.8) is 0 Å². The smallest absolute Gasteiger partial charge is 0.0593 e. The maximum Gasteiger partial charge on any atom is 0.0593 e. The zero-order valence-corrected chi connectivity index (χ0v) is 15.0. The highest BCUT2D eigenvalue weighted by molar-refractivity contribution is 4.71. The van der Waals surface area contributed by atoms with Gasteiger partial charge in [-0.15, -0.1) is 0 Å². The summed E-state index contributed by atoms with van der Waals surface area (Å²) in [7, 11) is 0. The third-order valence-corrected chi connectivity index (χ3v) is 4.38. The highest BCUT2D eigenvalue weighted by atomic mass is 16.5. The highest BCUT2D eigenvalue weighted by Crippen LogP contribution is 2.04. The number of hydrogen-bond donors (Lipinski definition) is 0. The first kappa shape index (κ1) is 19.9. The van der Waals surface area contributed by atoms with Crippen LogP contribution < -0.4 is 0 Å². The molecule has 0 saturated carbocycles. The van der Waals surface area contributed by atoms with E-state index in [9.17, 15) is 0 Å². The molecule has 1 rings (SSSR count). The molecule has 0 bridgehead atoms. The molecular formula is C18H38N2O2. The fourth-order valence-corrected chi connectivity index (χ4v) is 2.85. The fraction of sp³-hybridized carbons (Fsp3) is 1.00. The summed E-state index contributed by atoms with van der Waals surface area (Å²) in [5.41, 5.74) is 0. The van der Waals surface area contributed by atoms with Gasteiger partial charge in [0.15, 0.2) is 0 Å². The van der Waals surface area contributed by atoms with Crippen molar-refractivity contribution in [1.82, 2.24) is 9.80 Å². The average Bonchev–Trinajstić information content (AvgIpc) is 2.55. The van der Waals surface area contributed by atoms with E-state index in [0.717, 1.165) is 45.8 Å². The molecule has 0 radical (unpaired) electrons. The molecular weight excluding hydrogens is 276 g/mol. The van der Waals surface area contributed by atoms with Gasteiger partial charge in [-0.05, 0) is 39.2 Å². The van der Waals surface area contributed by atoms with Gasteiger partial charge in [-0.1, -0.05) is 19.8 Å². The number of nitrogens with zero attached hydrogens (tertiary/aromatic N) is 2. The third-order valence-electron chi connectivity index (χ3n) is 4.38. The predicted molar refractivity (Wildman–Crippen MR) is 93.6 cm³/mol. The Hall–Kier alpha value is -0.160. The molecule has 4 nitrogen and oxygen atoms in total. The van der Waals surface area contributed by atoms with Gasteiger partial charge in [0, 0.05) is 52.5 Å². The van der Waals surface area contributed by atoms with E-state index in [-0.39, 0.29) is 0 Å². The lowest BCUT2D eigenvalue weighted by molar-refractivity contribution is 0.0722. The van der Waals surface area contributed by atoms with Crippen molar-refractivity contribution in [3.8, 4) is 0 Å². The second-order valence-corrected chi connectivity index (χ2v) is 6.26. The summed E-state index contributed by atoms with van der Waals surface area (Å²) in [5, 5.41) is 0. The molecule has 0 N–H and O–H groups in total. The van der Waals surface area contributed by atoms with Crippen LogP contribution in [0.3, 0.4) is 0 Å². The molecule has 1 aliphatic heterocycles. The van der Waals surface area contributed by atoms with Crippen LogP contribution in [0.1, 0.15) is 52.4 Å². The van der Waals surface area contributed by atoms with Gasteiger partial charge in [0.2, 0.25) is 0 Å². The monoisotopic (exact) mass is 314 g/mol. The van der Waals surface area contributed by atoms with Gasteiger partial charge in [-0.2, -0.15) is 0 Å². The van der Waals surface area contributed by atoms with Crippen molar-refractivity contribution in [1.29, 1.82) is 0 Å². The molecule has 0 aromatic carbocycles. The first-order valence-electron chi connectivity index (χ1n) is 9.47. The maximum absolute atomic E-state index is 5.75. The lowest BCUT2D eigenvalue weighted by Gasteiger charge is -2.34. The SMILES string of the molecule is CCCCCN1CCN(CCOCCCCCOCC)CC1. The lowest BCUT2D eigenvalue weighted by atomic mass is 10.2. The zero-order chi connectivity index (χ0) is 15.9. The van der Waals surface area contributed by atoms with E-state index < -0.39 is 0 Å². The molecule has 1 saturated heterocycles. The van der Waals surface area contributed by atoms with Gasteiger partial charge in [0.05, 0.1) is 6.61 Å². The fourth-order valence-electron chi connectivity index (χ4n) is 2.85. The minimum atomic E-state index is 0.836. The van der Waals surface area contributed by atoms with Crippen molar-refractivity contribution in [2.24, 2.45) is 0 Å². The molecule has 1 aliphatic rings. The van der Waals surface area contributed by atoms with Crippen LogP contribution in [0, 0.1) is 0 Å². The second kappa shape index (κ2) is 14.4. The summed E-state index contributed by atoms with van der Waals surface area (Å²) in [6.07, 6.45) is 7.61. The molecule has 0 aromatic rings. The van der Waals surface area contributed by atoms with Crippen molar-refractivity contribution >= 4 is 0 Å². The minimum Gasteiger partial charge on any atom is -0.382 e. The Morgan fingerprint density at radius 2 is 1.27 bits per heavy atom. The minimum absolute atomic E-state index is 0.836. The number of unbranched alkanes of at least 4 members (excludes halogenated alkanes) is 4. The van der Waals surface area contributed by atoms with Gasteiger partial charge < -0.3 is 14.4 Å². The summed E-state index contributed by atoms with van der Waals surface area (Å²) in [4.78, 5) is 5.16. The summed E-state index contributed by atoms with van der Waals surface area (Å²) in [6.45, 7) is 15.1. The van der Waals surface area contributed by atoms with Gasteiger partial charge in [0.25, 0.3) is 0 Å². The quantitative estimate of drug-likeness (QED) is 0.460. The van der Waals surface area contributed by atoms with E-state index in [1.54, 1.807) is 0 Å². The Kier molecular flexibility index (Phi) is 13.0. The lowest BCUT2D eigenvalue weighted by Crippen LogP contribution is -2.47. The standard InChI is InChI=1S/C18H38N2O2/c1-3-5-7-10-19-11-13-20(14-12-19)15-18-22-17-9-6-8-16-21-4-2/h3-18H2,1-2H3. The maximum atomic E-state index is 5.75. The number of ether oxygens (including phenoxy) is 2. The number of hydrogen-bond acceptors (Lipinski definition) is 4. The van der Waals surface area contributed by atoms with E-state index in [0.29, 0.717) is 0 Å². The van der Waals surface area contributed by atoms with Crippen molar-refractivity contribution in [3.05, 3.63) is 0 Å². The topological polar surface area (TPSA) is 24.9 Å². The van der Waals surface area contributed by atoms with Crippen LogP contribution in [0.2, 0.25) is 0 Å². The van der Waals surface area contributed by atoms with E-state index in [2.05, 4.69) is 16.7 Å². The Morgan fingerprint density at radius 3 is 1.91 bits per heavy atom. The number of piperazine rings is 1. The average molecular weight is 315 g/mol. The first-order chi connectivity index (χ1) is 10.9. The summed E-state index contributed by atoms with van der Waals surface area (Å²) in [5.74, 6) is 0. The molecule has 0 spiro atoms. The highest BCUT2D eigenvalue weighted by Gasteiger charge is 2.15. The van der Waals surface area contributed by atoms with Crippen LogP contribution in [0.4, 0.5) is 0 Å². The zero-order valence-electron chi connectivity index (χ0n) is 15.0. The first-order valence-corrected chi connectivity index (χ1v) is 9.47. The van der Waals surface area contributed by atoms with E-state index in [1.165, 1.54) is 58.4 Å². The van der Waals surface area contributed by atoms with E-state index in [1.807, 2.05) is 6.92 Å². The molecule has 0 aliphatic carbocycles.